The molecular weight excluding hydrogens is 463 g/mol. The molecule has 1 heterocycles. The van der Waals surface area contributed by atoms with Crippen LogP contribution >= 0.6 is 0 Å². The second kappa shape index (κ2) is 8.90. The van der Waals surface area contributed by atoms with Crippen molar-refractivity contribution in [1.29, 1.82) is 0 Å². The summed E-state index contributed by atoms with van der Waals surface area (Å²) in [4.78, 5) is 25.2. The van der Waals surface area contributed by atoms with Gasteiger partial charge in [-0.1, -0.05) is 18.2 Å². The van der Waals surface area contributed by atoms with Gasteiger partial charge in [-0.15, -0.1) is 0 Å². The Labute approximate surface area is 196 Å². The van der Waals surface area contributed by atoms with Crippen LogP contribution in [0.1, 0.15) is 23.5 Å². The van der Waals surface area contributed by atoms with E-state index in [-0.39, 0.29) is 16.7 Å². The molecule has 35 heavy (non-hydrogen) atoms. The molecule has 0 aliphatic heterocycles. The van der Waals surface area contributed by atoms with Crippen LogP contribution in [0.2, 0.25) is 0 Å². The van der Waals surface area contributed by atoms with Gasteiger partial charge in [0.25, 0.3) is 0 Å². The van der Waals surface area contributed by atoms with E-state index in [1.54, 1.807) is 0 Å². The minimum atomic E-state index is -1.22. The molecule has 1 aromatic heterocycles. The first kappa shape index (κ1) is 23.4. The van der Waals surface area contributed by atoms with Crippen LogP contribution in [0.15, 0.2) is 57.7 Å². The maximum atomic E-state index is 14.8. The number of rotatable bonds is 5. The van der Waals surface area contributed by atoms with Gasteiger partial charge in [0.05, 0.1) is 13.5 Å². The number of carbonyl (C=O) groups excluding carboxylic acids is 1. The minimum Gasteiger partial charge on any atom is -0.507 e. The van der Waals surface area contributed by atoms with E-state index in [0.29, 0.717) is 0 Å². The summed E-state index contributed by atoms with van der Waals surface area (Å²) < 4.78 is 25.3. The van der Waals surface area contributed by atoms with Gasteiger partial charge in [-0.05, 0) is 29.8 Å². The maximum absolute atomic E-state index is 14.8. The number of carbonyl (C=O) groups is 1. The van der Waals surface area contributed by atoms with Crippen LogP contribution in [-0.2, 0) is 9.53 Å². The van der Waals surface area contributed by atoms with Gasteiger partial charge in [-0.3, -0.25) is 9.59 Å². The van der Waals surface area contributed by atoms with Crippen molar-refractivity contribution in [2.24, 2.45) is 0 Å². The highest BCUT2D eigenvalue weighted by molar-refractivity contribution is 5.92. The second-order valence-electron chi connectivity index (χ2n) is 7.70. The van der Waals surface area contributed by atoms with E-state index in [9.17, 15) is 39.5 Å². The summed E-state index contributed by atoms with van der Waals surface area (Å²) in [5.74, 6) is -6.46. The molecule has 0 bridgehead atoms. The normalized spacial score (nSPS) is 11.9. The molecule has 0 fully saturated rings. The standard InChI is InChI=1S/C25H19FO9/c1-34-19(31)9-13(12-4-2-3-5-14(12)26)20-17(29)10-18(30)21-22(32)23(33)24(35-25(20)21)11-6-7-15(27)16(28)8-11/h2-8,10,13,27-30,33H,9H2,1H3/t13-/m1/s1. The lowest BCUT2D eigenvalue weighted by atomic mass is 9.86. The summed E-state index contributed by atoms with van der Waals surface area (Å²) in [6.07, 6.45) is -0.467. The van der Waals surface area contributed by atoms with E-state index >= 15 is 0 Å². The van der Waals surface area contributed by atoms with E-state index in [4.69, 9.17) is 9.15 Å². The molecule has 0 saturated heterocycles. The summed E-state index contributed by atoms with van der Waals surface area (Å²) in [7, 11) is 1.13. The SMILES string of the molecule is COC(=O)C[C@H](c1ccccc1F)c1c(O)cc(O)c2c(=O)c(O)c(-c3ccc(O)c(O)c3)oc12. The number of aromatic hydroxyl groups is 5. The van der Waals surface area contributed by atoms with Crippen molar-refractivity contribution >= 4 is 16.9 Å². The Morgan fingerprint density at radius 2 is 1.69 bits per heavy atom. The highest BCUT2D eigenvalue weighted by atomic mass is 19.1. The molecule has 0 aliphatic rings. The summed E-state index contributed by atoms with van der Waals surface area (Å²) in [6.45, 7) is 0. The molecule has 180 valence electrons. The largest absolute Gasteiger partial charge is 0.507 e. The van der Waals surface area contributed by atoms with Crippen molar-refractivity contribution in [2.75, 3.05) is 7.11 Å². The van der Waals surface area contributed by atoms with Crippen molar-refractivity contribution in [3.63, 3.8) is 0 Å². The molecule has 4 rings (SSSR count). The third-order valence-corrected chi connectivity index (χ3v) is 5.60. The predicted molar refractivity (Wildman–Crippen MR) is 121 cm³/mol. The van der Waals surface area contributed by atoms with Gasteiger partial charge < -0.3 is 34.7 Å². The third kappa shape index (κ3) is 4.05. The lowest BCUT2D eigenvalue weighted by Crippen LogP contribution is -2.13. The van der Waals surface area contributed by atoms with Gasteiger partial charge in [0.1, 0.15) is 28.3 Å². The molecule has 3 aromatic carbocycles. The first-order valence-corrected chi connectivity index (χ1v) is 10.2. The van der Waals surface area contributed by atoms with Crippen molar-refractivity contribution in [3.8, 4) is 40.1 Å². The number of phenols is 4. The molecule has 5 N–H and O–H groups in total. The van der Waals surface area contributed by atoms with Gasteiger partial charge in [-0.2, -0.15) is 0 Å². The fraction of sp³-hybridized carbons (Fsp3) is 0.120. The first-order valence-electron chi connectivity index (χ1n) is 10.2. The topological polar surface area (TPSA) is 158 Å². The fourth-order valence-electron chi connectivity index (χ4n) is 3.92. The highest BCUT2D eigenvalue weighted by Gasteiger charge is 2.31. The van der Waals surface area contributed by atoms with Crippen LogP contribution in [0.5, 0.6) is 28.7 Å². The lowest BCUT2D eigenvalue weighted by Gasteiger charge is -2.21. The van der Waals surface area contributed by atoms with Gasteiger partial charge in [0, 0.05) is 23.1 Å². The molecule has 0 amide bonds. The van der Waals surface area contributed by atoms with Crippen LogP contribution in [0, 0.1) is 5.82 Å². The average molecular weight is 482 g/mol. The molecule has 9 nitrogen and oxygen atoms in total. The number of benzene rings is 3. The molecule has 0 saturated carbocycles. The summed E-state index contributed by atoms with van der Waals surface area (Å²) in [6, 6.07) is 9.63. The molecular formula is C25H19FO9. The number of ether oxygens (including phenoxy) is 1. The zero-order valence-electron chi connectivity index (χ0n) is 18.2. The van der Waals surface area contributed by atoms with Crippen molar-refractivity contribution in [3.05, 3.63) is 75.7 Å². The Bertz CT molecular complexity index is 1520. The number of methoxy groups -OCH3 is 1. The average Bonchev–Trinajstić information content (AvgIpc) is 2.82. The first-order chi connectivity index (χ1) is 16.6. The quantitative estimate of drug-likeness (QED) is 0.211. The van der Waals surface area contributed by atoms with Crippen LogP contribution in [0.25, 0.3) is 22.3 Å². The smallest absolute Gasteiger partial charge is 0.306 e. The van der Waals surface area contributed by atoms with Crippen LogP contribution in [0.3, 0.4) is 0 Å². The van der Waals surface area contributed by atoms with Crippen LogP contribution in [0.4, 0.5) is 4.39 Å². The third-order valence-electron chi connectivity index (χ3n) is 5.60. The Morgan fingerprint density at radius 1 is 0.971 bits per heavy atom. The van der Waals surface area contributed by atoms with Gasteiger partial charge >= 0.3 is 5.97 Å². The summed E-state index contributed by atoms with van der Waals surface area (Å²) >= 11 is 0. The van der Waals surface area contributed by atoms with Crippen LogP contribution in [-0.4, -0.2) is 38.6 Å². The molecule has 1 atom stereocenters. The fourth-order valence-corrected chi connectivity index (χ4v) is 3.92. The van der Waals surface area contributed by atoms with E-state index in [1.165, 1.54) is 24.3 Å². The van der Waals surface area contributed by atoms with E-state index < -0.39 is 75.0 Å². The summed E-state index contributed by atoms with van der Waals surface area (Å²) in [5.41, 5.74) is -1.78. The number of phenolic OH excluding ortho intramolecular Hbond substituents is 4. The zero-order valence-corrected chi connectivity index (χ0v) is 18.2. The Morgan fingerprint density at radius 3 is 2.34 bits per heavy atom. The van der Waals surface area contributed by atoms with Crippen LogP contribution < -0.4 is 5.43 Å². The molecule has 10 heteroatoms. The Hall–Kier alpha value is -4.73. The van der Waals surface area contributed by atoms with Gasteiger partial charge in [-0.25, -0.2) is 4.39 Å². The predicted octanol–water partition coefficient (Wildman–Crippen LogP) is 3.82. The number of halogens is 1. The molecule has 0 spiro atoms. The van der Waals surface area contributed by atoms with E-state index in [1.807, 2.05) is 0 Å². The monoisotopic (exact) mass is 482 g/mol. The van der Waals surface area contributed by atoms with Gasteiger partial charge in [0.15, 0.2) is 17.3 Å². The number of hydrogen-bond acceptors (Lipinski definition) is 9. The van der Waals surface area contributed by atoms with Crippen molar-refractivity contribution < 1.29 is 43.9 Å². The molecule has 0 aliphatic carbocycles. The second-order valence-corrected chi connectivity index (χ2v) is 7.70. The van der Waals surface area contributed by atoms with Gasteiger partial charge in [0.2, 0.25) is 11.2 Å². The molecule has 4 aromatic rings. The number of hydrogen-bond donors (Lipinski definition) is 5. The number of esters is 1. The lowest BCUT2D eigenvalue weighted by molar-refractivity contribution is -0.140. The molecule has 0 unspecified atom stereocenters. The van der Waals surface area contributed by atoms with E-state index in [0.717, 1.165) is 31.4 Å². The minimum absolute atomic E-state index is 0.0269. The molecule has 0 radical (unpaired) electrons. The zero-order chi connectivity index (χ0) is 25.4. The van der Waals surface area contributed by atoms with Crippen molar-refractivity contribution in [1.82, 2.24) is 0 Å². The Balaban J connectivity index is 2.11. The maximum Gasteiger partial charge on any atom is 0.306 e. The Kier molecular flexibility index (Phi) is 5.96. The summed E-state index contributed by atoms with van der Waals surface area (Å²) in [5, 5.41) is 50.6. The van der Waals surface area contributed by atoms with Crippen molar-refractivity contribution in [2.45, 2.75) is 12.3 Å². The highest BCUT2D eigenvalue weighted by Crippen LogP contribution is 2.45. The number of fused-ring (bicyclic) bond motifs is 1. The van der Waals surface area contributed by atoms with E-state index in [2.05, 4.69) is 0 Å².